The molecule has 36 heavy (non-hydrogen) atoms. The Balaban J connectivity index is 1.47. The van der Waals surface area contributed by atoms with Crippen LogP contribution in [0.3, 0.4) is 0 Å². The van der Waals surface area contributed by atoms with Crippen LogP contribution >= 0.6 is 0 Å². The Bertz CT molecular complexity index is 1570. The first-order valence-corrected chi connectivity index (χ1v) is 11.8. The van der Waals surface area contributed by atoms with Gasteiger partial charge in [-0.05, 0) is 42.3 Å². The Kier molecular flexibility index (Phi) is 6.47. The van der Waals surface area contributed by atoms with E-state index in [0.29, 0.717) is 28.9 Å². The monoisotopic (exact) mass is 478 g/mol. The number of nitrogens with zero attached hydrogens (tertiary/aromatic N) is 1. The molecule has 0 saturated heterocycles. The van der Waals surface area contributed by atoms with Crippen LogP contribution in [0.4, 0.5) is 5.69 Å². The third kappa shape index (κ3) is 4.82. The van der Waals surface area contributed by atoms with E-state index in [4.69, 9.17) is 4.98 Å². The number of aliphatic hydroxyl groups is 1. The molecule has 0 spiro atoms. The second-order valence-corrected chi connectivity index (χ2v) is 8.75. The van der Waals surface area contributed by atoms with Gasteiger partial charge in [0.15, 0.2) is 0 Å². The topological polar surface area (TPSA) is 107 Å². The molecular formula is C29H26N4O3. The van der Waals surface area contributed by atoms with Crippen molar-refractivity contribution in [3.8, 4) is 11.3 Å². The molecule has 0 radical (unpaired) electrons. The van der Waals surface area contributed by atoms with E-state index in [1.54, 1.807) is 12.1 Å². The summed E-state index contributed by atoms with van der Waals surface area (Å²) in [5, 5.41) is 17.6. The Labute approximate surface area is 208 Å². The Morgan fingerprint density at radius 1 is 0.972 bits per heavy atom. The average Bonchev–Trinajstić information content (AvgIpc) is 3.30. The Morgan fingerprint density at radius 2 is 1.75 bits per heavy atom. The van der Waals surface area contributed by atoms with Crippen LogP contribution < -0.4 is 10.6 Å². The molecule has 5 aromatic rings. The van der Waals surface area contributed by atoms with Crippen molar-refractivity contribution in [2.75, 3.05) is 11.9 Å². The maximum Gasteiger partial charge on any atom is 0.252 e. The number of hydrogen-bond acceptors (Lipinski definition) is 4. The summed E-state index contributed by atoms with van der Waals surface area (Å²) >= 11 is 0. The van der Waals surface area contributed by atoms with Crippen LogP contribution in [0, 0.1) is 0 Å². The SMILES string of the molecule is CC(=O)Nc1cccc(-c2cc(C(=O)NC(CO)Cc3c[nH]c4ccccc34)c3ccccc3n2)c1. The number of nitrogens with one attached hydrogen (secondary N) is 3. The van der Waals surface area contributed by atoms with Gasteiger partial charge in [0, 0.05) is 40.7 Å². The number of hydrogen-bond donors (Lipinski definition) is 4. The smallest absolute Gasteiger partial charge is 0.252 e. The molecule has 2 amide bonds. The van der Waals surface area contributed by atoms with Crippen LogP contribution in [0.5, 0.6) is 0 Å². The molecule has 0 saturated carbocycles. The summed E-state index contributed by atoms with van der Waals surface area (Å²) in [7, 11) is 0. The molecule has 180 valence electrons. The highest BCUT2D eigenvalue weighted by atomic mass is 16.3. The normalized spacial score (nSPS) is 11.9. The zero-order valence-corrected chi connectivity index (χ0v) is 19.8. The fourth-order valence-corrected chi connectivity index (χ4v) is 4.46. The van der Waals surface area contributed by atoms with Gasteiger partial charge in [-0.1, -0.05) is 48.5 Å². The largest absolute Gasteiger partial charge is 0.394 e. The summed E-state index contributed by atoms with van der Waals surface area (Å²) in [4.78, 5) is 33.0. The summed E-state index contributed by atoms with van der Waals surface area (Å²) in [5.74, 6) is -0.448. The number of aromatic amines is 1. The van der Waals surface area contributed by atoms with Crippen molar-refractivity contribution in [1.82, 2.24) is 15.3 Å². The number of aromatic nitrogens is 2. The van der Waals surface area contributed by atoms with E-state index >= 15 is 0 Å². The summed E-state index contributed by atoms with van der Waals surface area (Å²) in [6.45, 7) is 1.26. The second kappa shape index (κ2) is 10.0. The Hall–Kier alpha value is -4.49. The van der Waals surface area contributed by atoms with E-state index in [2.05, 4.69) is 15.6 Å². The van der Waals surface area contributed by atoms with Crippen LogP contribution in [-0.2, 0) is 11.2 Å². The van der Waals surface area contributed by atoms with E-state index in [0.717, 1.165) is 27.4 Å². The van der Waals surface area contributed by atoms with E-state index in [1.807, 2.05) is 72.9 Å². The maximum atomic E-state index is 13.5. The predicted molar refractivity (Wildman–Crippen MR) is 142 cm³/mol. The number of fused-ring (bicyclic) bond motifs is 2. The van der Waals surface area contributed by atoms with Gasteiger partial charge >= 0.3 is 0 Å². The molecular weight excluding hydrogens is 452 g/mol. The van der Waals surface area contributed by atoms with Crippen molar-refractivity contribution in [2.24, 2.45) is 0 Å². The van der Waals surface area contributed by atoms with Crippen molar-refractivity contribution < 1.29 is 14.7 Å². The number of rotatable bonds is 7. The third-order valence-corrected chi connectivity index (χ3v) is 6.14. The van der Waals surface area contributed by atoms with E-state index < -0.39 is 6.04 Å². The van der Waals surface area contributed by atoms with Gasteiger partial charge in [0.05, 0.1) is 29.4 Å². The van der Waals surface area contributed by atoms with Crippen molar-refractivity contribution in [3.63, 3.8) is 0 Å². The van der Waals surface area contributed by atoms with E-state index in [9.17, 15) is 14.7 Å². The molecule has 0 aliphatic rings. The molecule has 5 rings (SSSR count). The lowest BCUT2D eigenvalue weighted by Crippen LogP contribution is -2.39. The number of aliphatic hydroxyl groups excluding tert-OH is 1. The van der Waals surface area contributed by atoms with Crippen LogP contribution in [-0.4, -0.2) is 39.5 Å². The minimum absolute atomic E-state index is 0.163. The molecule has 7 nitrogen and oxygen atoms in total. The number of H-pyrrole nitrogens is 1. The van der Waals surface area contributed by atoms with Crippen LogP contribution in [0.1, 0.15) is 22.8 Å². The fourth-order valence-electron chi connectivity index (χ4n) is 4.46. The van der Waals surface area contributed by atoms with Crippen LogP contribution in [0.15, 0.2) is 85.1 Å². The molecule has 1 atom stereocenters. The molecule has 0 aliphatic heterocycles. The third-order valence-electron chi connectivity index (χ3n) is 6.14. The summed E-state index contributed by atoms with van der Waals surface area (Å²) < 4.78 is 0. The lowest BCUT2D eigenvalue weighted by atomic mass is 10.0. The zero-order valence-electron chi connectivity index (χ0n) is 19.8. The number of amides is 2. The molecule has 7 heteroatoms. The molecule has 1 unspecified atom stereocenters. The van der Waals surface area contributed by atoms with Crippen LogP contribution in [0.25, 0.3) is 33.1 Å². The number of benzene rings is 3. The van der Waals surface area contributed by atoms with Gasteiger partial charge in [0.25, 0.3) is 5.91 Å². The summed E-state index contributed by atoms with van der Waals surface area (Å²) in [6.07, 6.45) is 2.41. The molecule has 4 N–H and O–H groups in total. The highest BCUT2D eigenvalue weighted by molar-refractivity contribution is 6.07. The lowest BCUT2D eigenvalue weighted by Gasteiger charge is -2.17. The van der Waals surface area contributed by atoms with Crippen molar-refractivity contribution in [2.45, 2.75) is 19.4 Å². The number of carbonyl (C=O) groups is 2. The zero-order chi connectivity index (χ0) is 25.1. The number of carbonyl (C=O) groups excluding carboxylic acids is 2. The van der Waals surface area contributed by atoms with E-state index in [1.165, 1.54) is 6.92 Å². The number of para-hydroxylation sites is 2. The Morgan fingerprint density at radius 3 is 2.56 bits per heavy atom. The maximum absolute atomic E-state index is 13.5. The summed E-state index contributed by atoms with van der Waals surface area (Å²) in [6, 6.07) is 24.1. The number of pyridine rings is 1. The average molecular weight is 479 g/mol. The first kappa shape index (κ1) is 23.3. The van der Waals surface area contributed by atoms with Gasteiger partial charge in [-0.25, -0.2) is 4.98 Å². The van der Waals surface area contributed by atoms with Crippen molar-refractivity contribution >= 4 is 39.3 Å². The quantitative estimate of drug-likeness (QED) is 0.273. The van der Waals surface area contributed by atoms with Gasteiger partial charge in [-0.15, -0.1) is 0 Å². The molecule has 0 fully saturated rings. The minimum atomic E-state index is -0.463. The van der Waals surface area contributed by atoms with Crippen molar-refractivity contribution in [3.05, 3.63) is 96.2 Å². The predicted octanol–water partition coefficient (Wildman–Crippen LogP) is 4.67. The van der Waals surface area contributed by atoms with Gasteiger partial charge in [-0.2, -0.15) is 0 Å². The standard InChI is InChI=1S/C29H26N4O3/c1-18(35)31-21-8-6-7-19(13-21)28-15-25(24-10-3-5-12-27(24)33-28)29(36)32-22(17-34)14-20-16-30-26-11-4-2-9-23(20)26/h2-13,15-16,22,30,34H,14,17H2,1H3,(H,31,35)(H,32,36). The molecule has 0 bridgehead atoms. The minimum Gasteiger partial charge on any atom is -0.394 e. The highest BCUT2D eigenvalue weighted by Gasteiger charge is 2.19. The van der Waals surface area contributed by atoms with Gasteiger partial charge in [0.1, 0.15) is 0 Å². The highest BCUT2D eigenvalue weighted by Crippen LogP contribution is 2.27. The van der Waals surface area contributed by atoms with E-state index in [-0.39, 0.29) is 18.4 Å². The lowest BCUT2D eigenvalue weighted by molar-refractivity contribution is -0.114. The second-order valence-electron chi connectivity index (χ2n) is 8.75. The number of anilines is 1. The molecule has 3 aromatic carbocycles. The van der Waals surface area contributed by atoms with Gasteiger partial charge in [0.2, 0.25) is 5.91 Å². The molecule has 2 heterocycles. The molecule has 0 aliphatic carbocycles. The van der Waals surface area contributed by atoms with Crippen LogP contribution in [0.2, 0.25) is 0 Å². The van der Waals surface area contributed by atoms with Crippen molar-refractivity contribution in [1.29, 1.82) is 0 Å². The molecule has 2 aromatic heterocycles. The van der Waals surface area contributed by atoms with Gasteiger partial charge in [-0.3, -0.25) is 9.59 Å². The van der Waals surface area contributed by atoms with Gasteiger partial charge < -0.3 is 20.7 Å². The fraction of sp³-hybridized carbons (Fsp3) is 0.138. The first-order valence-electron chi connectivity index (χ1n) is 11.8. The first-order chi connectivity index (χ1) is 17.5. The summed E-state index contributed by atoms with van der Waals surface area (Å²) in [5.41, 5.74) is 5.24.